The highest BCUT2D eigenvalue weighted by atomic mass is 16.3. The molecule has 5 heterocycles. The average Bonchev–Trinajstić information content (AvgIpc) is 3.15. The molecular weight excluding hydrogens is 482 g/mol. The predicted molar refractivity (Wildman–Crippen MR) is 148 cm³/mol. The molecule has 1 aliphatic rings. The predicted octanol–water partition coefficient (Wildman–Crippen LogP) is 2.59. The lowest BCUT2D eigenvalue weighted by Crippen LogP contribution is -2.45. The first kappa shape index (κ1) is 25.6. The molecule has 0 saturated carbocycles. The summed E-state index contributed by atoms with van der Waals surface area (Å²) in [5.74, 6) is 1.76. The van der Waals surface area contributed by atoms with E-state index < -0.39 is 5.60 Å². The van der Waals surface area contributed by atoms with Gasteiger partial charge in [-0.25, -0.2) is 24.3 Å². The highest BCUT2D eigenvalue weighted by Crippen LogP contribution is 2.24. The average molecular weight is 516 g/mol. The van der Waals surface area contributed by atoms with Gasteiger partial charge in [-0.2, -0.15) is 4.98 Å². The number of hydrogen-bond donors (Lipinski definition) is 2. The van der Waals surface area contributed by atoms with Crippen LogP contribution in [0.5, 0.6) is 0 Å². The summed E-state index contributed by atoms with van der Waals surface area (Å²) in [4.78, 5) is 36.3. The minimum atomic E-state index is -1.15. The van der Waals surface area contributed by atoms with Crippen LogP contribution in [0.3, 0.4) is 0 Å². The van der Waals surface area contributed by atoms with E-state index in [1.807, 2.05) is 13.0 Å². The van der Waals surface area contributed by atoms with Gasteiger partial charge in [0.1, 0.15) is 16.8 Å². The second-order valence-electron chi connectivity index (χ2n) is 10.1. The zero-order valence-corrected chi connectivity index (χ0v) is 22.2. The molecule has 11 heteroatoms. The van der Waals surface area contributed by atoms with Crippen LogP contribution in [0.1, 0.15) is 25.1 Å². The second-order valence-corrected chi connectivity index (χ2v) is 10.1. The van der Waals surface area contributed by atoms with Crippen LogP contribution in [-0.2, 0) is 12.1 Å². The third kappa shape index (κ3) is 4.90. The lowest BCUT2D eigenvalue weighted by atomic mass is 10.1. The van der Waals surface area contributed by atoms with Gasteiger partial charge >= 0.3 is 0 Å². The number of allylic oxidation sites excluding steroid dienone is 1. The van der Waals surface area contributed by atoms with Crippen molar-refractivity contribution < 1.29 is 5.11 Å². The van der Waals surface area contributed by atoms with Crippen molar-refractivity contribution in [2.24, 2.45) is 0 Å². The number of hydrogen-bond acceptors (Lipinski definition) is 9. The Hall–Kier alpha value is -4.09. The summed E-state index contributed by atoms with van der Waals surface area (Å²) in [5.41, 5.74) is 1.28. The molecule has 0 aliphatic carbocycles. The third-order valence-corrected chi connectivity index (χ3v) is 6.67. The summed E-state index contributed by atoms with van der Waals surface area (Å²) in [5, 5.41) is 14.1. The summed E-state index contributed by atoms with van der Waals surface area (Å²) < 4.78 is 3.14. The van der Waals surface area contributed by atoms with Crippen LogP contribution in [-0.4, -0.2) is 72.5 Å². The number of aryl methyl sites for hydroxylation is 1. The third-order valence-electron chi connectivity index (χ3n) is 6.67. The van der Waals surface area contributed by atoms with Gasteiger partial charge in [0, 0.05) is 32.4 Å². The molecule has 0 radical (unpaired) electrons. The Labute approximate surface area is 221 Å². The first-order chi connectivity index (χ1) is 18.2. The maximum Gasteiger partial charge on any atom is 0.278 e. The molecule has 198 valence electrons. The smallest absolute Gasteiger partial charge is 0.278 e. The van der Waals surface area contributed by atoms with Gasteiger partial charge in [0.25, 0.3) is 5.56 Å². The normalized spacial score (nSPS) is 14.7. The van der Waals surface area contributed by atoms with E-state index >= 15 is 0 Å². The number of likely N-dealkylation sites (N-methyl/N-ethyl adjacent to an activating group) is 1. The van der Waals surface area contributed by atoms with Crippen molar-refractivity contribution in [3.05, 3.63) is 70.9 Å². The van der Waals surface area contributed by atoms with E-state index in [1.165, 1.54) is 10.9 Å². The quantitative estimate of drug-likeness (QED) is 0.358. The number of nitrogens with zero attached hydrogens (tertiary/aromatic N) is 8. The topological polar surface area (TPSA) is 117 Å². The van der Waals surface area contributed by atoms with E-state index in [-0.39, 0.29) is 12.1 Å². The Morgan fingerprint density at radius 2 is 1.89 bits per heavy atom. The standard InChI is InChI=1S/C27H33N9O2/c1-6-10-35-25(37)20-17-29-26(32-24(20)36(35)22-9-7-8-21(31-22)27(3,4)38)30-19-15-18(2)23(28-16-19)34-13-11-33(5)12-14-34/h6-9,15-17,38H,1,10-14H2,2-5H3,(H,29,30,32). The summed E-state index contributed by atoms with van der Waals surface area (Å²) in [6.07, 6.45) is 4.93. The van der Waals surface area contributed by atoms with Gasteiger partial charge in [-0.1, -0.05) is 12.1 Å². The monoisotopic (exact) mass is 515 g/mol. The number of pyridine rings is 2. The molecule has 4 aromatic rings. The summed E-state index contributed by atoms with van der Waals surface area (Å²) in [7, 11) is 2.13. The number of aromatic nitrogens is 6. The van der Waals surface area contributed by atoms with Crippen molar-refractivity contribution in [1.82, 2.24) is 34.2 Å². The van der Waals surface area contributed by atoms with Crippen molar-refractivity contribution >= 4 is 28.5 Å². The van der Waals surface area contributed by atoms with Crippen LogP contribution in [0.4, 0.5) is 17.5 Å². The molecule has 0 aromatic carbocycles. The highest BCUT2D eigenvalue weighted by Gasteiger charge is 2.22. The van der Waals surface area contributed by atoms with Gasteiger partial charge in [0.15, 0.2) is 11.5 Å². The fourth-order valence-electron chi connectivity index (χ4n) is 4.60. The van der Waals surface area contributed by atoms with Gasteiger partial charge in [-0.3, -0.25) is 4.79 Å². The molecular formula is C27H33N9O2. The number of anilines is 3. The fourth-order valence-corrected chi connectivity index (χ4v) is 4.60. The molecule has 1 fully saturated rings. The number of nitrogens with one attached hydrogen (secondary N) is 1. The summed E-state index contributed by atoms with van der Waals surface area (Å²) >= 11 is 0. The van der Waals surface area contributed by atoms with Gasteiger partial charge in [0.2, 0.25) is 5.95 Å². The zero-order valence-electron chi connectivity index (χ0n) is 22.2. The van der Waals surface area contributed by atoms with Crippen LogP contribution in [0.25, 0.3) is 16.9 Å². The lowest BCUT2D eigenvalue weighted by Gasteiger charge is -2.34. The lowest BCUT2D eigenvalue weighted by molar-refractivity contribution is 0.0738. The second kappa shape index (κ2) is 9.99. The van der Waals surface area contributed by atoms with Crippen LogP contribution in [0.2, 0.25) is 0 Å². The van der Waals surface area contributed by atoms with Crippen LogP contribution < -0.4 is 15.8 Å². The van der Waals surface area contributed by atoms with E-state index in [9.17, 15) is 9.90 Å². The SMILES string of the molecule is C=CCn1c(=O)c2cnc(Nc3cnc(N4CCN(C)CC4)c(C)c3)nc2n1-c1cccc(C(C)(C)O)n1. The Balaban J connectivity index is 1.52. The van der Waals surface area contributed by atoms with Crippen LogP contribution in [0, 0.1) is 6.92 Å². The molecule has 1 saturated heterocycles. The fraction of sp³-hybridized carbons (Fsp3) is 0.370. The number of rotatable bonds is 7. The van der Waals surface area contributed by atoms with Crippen molar-refractivity contribution in [1.29, 1.82) is 0 Å². The summed E-state index contributed by atoms with van der Waals surface area (Å²) in [6, 6.07) is 7.33. The number of piperazine rings is 1. The Morgan fingerprint density at radius 3 is 2.58 bits per heavy atom. The Bertz CT molecular complexity index is 1540. The molecule has 0 bridgehead atoms. The van der Waals surface area contributed by atoms with E-state index in [0.717, 1.165) is 43.2 Å². The van der Waals surface area contributed by atoms with E-state index in [2.05, 4.69) is 38.7 Å². The molecule has 0 atom stereocenters. The zero-order chi connectivity index (χ0) is 27.0. The van der Waals surface area contributed by atoms with E-state index in [0.29, 0.717) is 28.5 Å². The van der Waals surface area contributed by atoms with Crippen LogP contribution >= 0.6 is 0 Å². The maximum absolute atomic E-state index is 13.2. The Kier molecular flexibility index (Phi) is 6.72. The molecule has 11 nitrogen and oxygen atoms in total. The molecule has 0 spiro atoms. The van der Waals surface area contributed by atoms with Gasteiger partial charge in [0.05, 0.1) is 24.1 Å². The van der Waals surface area contributed by atoms with Crippen molar-refractivity contribution in [3.63, 3.8) is 0 Å². The first-order valence-electron chi connectivity index (χ1n) is 12.6. The largest absolute Gasteiger partial charge is 0.384 e. The molecule has 2 N–H and O–H groups in total. The molecule has 4 aromatic heterocycles. The van der Waals surface area contributed by atoms with Crippen LogP contribution in [0.15, 0.2) is 54.1 Å². The molecule has 0 amide bonds. The van der Waals surface area contributed by atoms with Gasteiger partial charge < -0.3 is 20.2 Å². The van der Waals surface area contributed by atoms with Gasteiger partial charge in [-0.15, -0.1) is 6.58 Å². The Morgan fingerprint density at radius 1 is 1.13 bits per heavy atom. The number of aliphatic hydroxyl groups is 1. The molecule has 5 rings (SSSR count). The molecule has 38 heavy (non-hydrogen) atoms. The minimum absolute atomic E-state index is 0.253. The minimum Gasteiger partial charge on any atom is -0.384 e. The number of fused-ring (bicyclic) bond motifs is 1. The summed E-state index contributed by atoms with van der Waals surface area (Å²) in [6.45, 7) is 13.3. The van der Waals surface area contributed by atoms with Crippen molar-refractivity contribution in [2.75, 3.05) is 43.4 Å². The van der Waals surface area contributed by atoms with Gasteiger partial charge in [-0.05, 0) is 51.6 Å². The highest BCUT2D eigenvalue weighted by molar-refractivity contribution is 5.77. The van der Waals surface area contributed by atoms with Crippen molar-refractivity contribution in [2.45, 2.75) is 32.9 Å². The van der Waals surface area contributed by atoms with E-state index in [1.54, 1.807) is 49.0 Å². The molecule has 0 unspecified atom stereocenters. The molecule has 1 aliphatic heterocycles. The first-order valence-corrected chi connectivity index (χ1v) is 12.6. The maximum atomic E-state index is 13.2. The van der Waals surface area contributed by atoms with Crippen molar-refractivity contribution in [3.8, 4) is 5.82 Å². The van der Waals surface area contributed by atoms with E-state index in [4.69, 9.17) is 9.97 Å².